The second-order valence-electron chi connectivity index (χ2n) is 10.3. The quantitative estimate of drug-likeness (QED) is 0.189. The first-order valence-corrected chi connectivity index (χ1v) is 15.2. The van der Waals surface area contributed by atoms with Crippen molar-refractivity contribution < 1.29 is 0 Å². The molecule has 3 aromatic heterocycles. The predicted molar refractivity (Wildman–Crippen MR) is 169 cm³/mol. The minimum Gasteiger partial charge on any atom is -0.393 e. The average molecular weight is 565 g/mol. The van der Waals surface area contributed by atoms with Crippen molar-refractivity contribution in [3.63, 3.8) is 0 Å². The molecule has 2 N–H and O–H groups in total. The molecule has 1 fully saturated rings. The number of anilines is 1. The van der Waals surface area contributed by atoms with Gasteiger partial charge in [-0.15, -0.1) is 11.8 Å². The van der Waals surface area contributed by atoms with E-state index < -0.39 is 0 Å². The van der Waals surface area contributed by atoms with Gasteiger partial charge in [0.15, 0.2) is 0 Å². The van der Waals surface area contributed by atoms with Crippen LogP contribution in [0, 0.1) is 16.7 Å². The fourth-order valence-corrected chi connectivity index (χ4v) is 5.97. The lowest BCUT2D eigenvalue weighted by Crippen LogP contribution is -2.53. The number of piperazine rings is 1. The van der Waals surface area contributed by atoms with E-state index in [0.29, 0.717) is 17.2 Å². The first kappa shape index (κ1) is 28.4. The number of aromatic nitrogens is 3. The zero-order chi connectivity index (χ0) is 28.8. The van der Waals surface area contributed by atoms with Crippen molar-refractivity contribution in [1.82, 2.24) is 24.8 Å². The van der Waals surface area contributed by atoms with Crippen LogP contribution in [0.15, 0.2) is 72.2 Å². The molecule has 0 radical (unpaired) electrons. The van der Waals surface area contributed by atoms with E-state index in [4.69, 9.17) is 10.4 Å². The molecule has 0 saturated carbocycles. The normalized spacial score (nSPS) is 16.1. The van der Waals surface area contributed by atoms with Gasteiger partial charge in [-0.2, -0.15) is 10.4 Å². The topological polar surface area (TPSA) is 96.3 Å². The van der Waals surface area contributed by atoms with Crippen molar-refractivity contribution in [3.05, 3.63) is 83.9 Å². The van der Waals surface area contributed by atoms with Gasteiger partial charge >= 0.3 is 0 Å². The number of pyridine rings is 2. The van der Waals surface area contributed by atoms with E-state index in [-0.39, 0.29) is 0 Å². The maximum absolute atomic E-state index is 9.74. The van der Waals surface area contributed by atoms with Gasteiger partial charge in [0.2, 0.25) is 0 Å². The van der Waals surface area contributed by atoms with Crippen LogP contribution in [0.4, 0.5) is 5.82 Å². The number of hydrogen-bond acceptors (Lipinski definition) is 8. The highest BCUT2D eigenvalue weighted by atomic mass is 32.2. The van der Waals surface area contributed by atoms with Gasteiger partial charge in [-0.25, -0.2) is 9.50 Å². The van der Waals surface area contributed by atoms with Gasteiger partial charge in [-0.3, -0.25) is 4.90 Å². The number of hydrogen-bond donors (Lipinski definition) is 2. The standard InChI is InChI=1S/C32H36N8S/c1-4-5-28-22-39(13-12-38(28)20-23-6-9-29(41-3)10-7-23)31-11-8-24(18-36-31)30-14-25(26(15-33)17-35-2)21-40-32(30)27(16-34)19-37-40/h6-11,14-15,17-19,21,28,33,35H,4-5,12-13,20,22H2,1-3H3/b26-17+,33-15?. The highest BCUT2D eigenvalue weighted by molar-refractivity contribution is 7.98. The lowest BCUT2D eigenvalue weighted by atomic mass is 10.0. The minimum absolute atomic E-state index is 0.468. The molecule has 1 aromatic carbocycles. The molecule has 4 aromatic rings. The van der Waals surface area contributed by atoms with Crippen LogP contribution >= 0.6 is 11.8 Å². The van der Waals surface area contributed by atoms with E-state index in [1.807, 2.05) is 18.5 Å². The highest BCUT2D eigenvalue weighted by Gasteiger charge is 2.27. The molecule has 1 aliphatic rings. The number of benzene rings is 1. The Kier molecular flexibility index (Phi) is 9.02. The van der Waals surface area contributed by atoms with Crippen LogP contribution in [0.1, 0.15) is 36.5 Å². The minimum atomic E-state index is 0.468. The van der Waals surface area contributed by atoms with E-state index in [2.05, 4.69) is 75.9 Å². The van der Waals surface area contributed by atoms with Crippen LogP contribution in [-0.4, -0.2) is 64.7 Å². The van der Waals surface area contributed by atoms with E-state index in [0.717, 1.165) is 67.0 Å². The third-order valence-corrected chi connectivity index (χ3v) is 8.42. The summed E-state index contributed by atoms with van der Waals surface area (Å²) >= 11 is 1.78. The number of thioether (sulfide) groups is 1. The number of rotatable bonds is 10. The maximum Gasteiger partial charge on any atom is 0.128 e. The van der Waals surface area contributed by atoms with E-state index in [9.17, 15) is 5.26 Å². The second kappa shape index (κ2) is 13.0. The number of allylic oxidation sites excluding steroid dienone is 1. The van der Waals surface area contributed by atoms with Crippen molar-refractivity contribution in [3.8, 4) is 17.2 Å². The largest absolute Gasteiger partial charge is 0.393 e. The molecule has 9 heteroatoms. The molecule has 4 heterocycles. The lowest BCUT2D eigenvalue weighted by Gasteiger charge is -2.42. The first-order chi connectivity index (χ1) is 20.1. The number of nitrogens with zero attached hydrogens (tertiary/aromatic N) is 6. The Morgan fingerprint density at radius 3 is 2.68 bits per heavy atom. The summed E-state index contributed by atoms with van der Waals surface area (Å²) in [5.41, 5.74) is 5.92. The van der Waals surface area contributed by atoms with E-state index in [1.54, 1.807) is 35.7 Å². The predicted octanol–water partition coefficient (Wildman–Crippen LogP) is 5.69. The van der Waals surface area contributed by atoms with Crippen molar-refractivity contribution in [1.29, 1.82) is 10.7 Å². The summed E-state index contributed by atoms with van der Waals surface area (Å²) in [6.45, 7) is 6.09. The Hall–Kier alpha value is -4.13. The smallest absolute Gasteiger partial charge is 0.128 e. The summed E-state index contributed by atoms with van der Waals surface area (Å²) in [6, 6.07) is 17.8. The summed E-state index contributed by atoms with van der Waals surface area (Å²) in [4.78, 5) is 11.2. The SMILES string of the molecule is CCCC1CN(c2ccc(-c3cc(/C(C=N)=C/NC)cn4ncc(C#N)c34)cn2)CCN1Cc1ccc(SC)cc1. The molecule has 210 valence electrons. The second-order valence-corrected chi connectivity index (χ2v) is 11.1. The summed E-state index contributed by atoms with van der Waals surface area (Å²) in [5.74, 6) is 0.968. The zero-order valence-electron chi connectivity index (χ0n) is 23.8. The summed E-state index contributed by atoms with van der Waals surface area (Å²) in [5, 5.41) is 25.0. The molecule has 0 spiro atoms. The third kappa shape index (κ3) is 6.14. The van der Waals surface area contributed by atoms with Crippen LogP contribution in [-0.2, 0) is 6.54 Å². The maximum atomic E-state index is 9.74. The number of fused-ring (bicyclic) bond motifs is 1. The molecular formula is C32H36N8S. The Labute approximate surface area is 246 Å². The van der Waals surface area contributed by atoms with Crippen LogP contribution in [0.5, 0.6) is 0 Å². The van der Waals surface area contributed by atoms with Crippen LogP contribution in [0.2, 0.25) is 0 Å². The monoisotopic (exact) mass is 564 g/mol. The summed E-state index contributed by atoms with van der Waals surface area (Å²) in [7, 11) is 1.81. The lowest BCUT2D eigenvalue weighted by molar-refractivity contribution is 0.158. The third-order valence-electron chi connectivity index (χ3n) is 7.68. The number of nitrogens with one attached hydrogen (secondary N) is 2. The molecule has 8 nitrogen and oxygen atoms in total. The molecule has 1 unspecified atom stereocenters. The Bertz CT molecular complexity index is 1570. The Morgan fingerprint density at radius 2 is 2.02 bits per heavy atom. The van der Waals surface area contributed by atoms with Crippen LogP contribution in [0.3, 0.4) is 0 Å². The van der Waals surface area contributed by atoms with Gasteiger partial charge < -0.3 is 15.6 Å². The Morgan fingerprint density at radius 1 is 1.20 bits per heavy atom. The molecule has 0 amide bonds. The van der Waals surface area contributed by atoms with Gasteiger partial charge in [0.1, 0.15) is 11.9 Å². The zero-order valence-corrected chi connectivity index (χ0v) is 24.7. The van der Waals surface area contributed by atoms with Gasteiger partial charge in [0.05, 0.1) is 17.3 Å². The first-order valence-electron chi connectivity index (χ1n) is 14.0. The van der Waals surface area contributed by atoms with Crippen LogP contribution < -0.4 is 10.2 Å². The molecule has 41 heavy (non-hydrogen) atoms. The fraction of sp³-hybridized carbons (Fsp3) is 0.312. The van der Waals surface area contributed by atoms with E-state index in [1.165, 1.54) is 16.7 Å². The van der Waals surface area contributed by atoms with Gasteiger partial charge in [0, 0.05) is 91.2 Å². The van der Waals surface area contributed by atoms with Crippen LogP contribution in [0.25, 0.3) is 22.2 Å². The van der Waals surface area contributed by atoms with Crippen molar-refractivity contribution in [2.45, 2.75) is 37.2 Å². The van der Waals surface area contributed by atoms with E-state index >= 15 is 0 Å². The van der Waals surface area contributed by atoms with Gasteiger partial charge in [-0.05, 0) is 48.6 Å². The average Bonchev–Trinajstić information content (AvgIpc) is 3.44. The molecule has 0 bridgehead atoms. The summed E-state index contributed by atoms with van der Waals surface area (Å²) in [6.07, 6.45) is 12.8. The molecule has 1 aliphatic heterocycles. The van der Waals surface area contributed by atoms with Crippen molar-refractivity contribution >= 4 is 34.9 Å². The molecule has 1 atom stereocenters. The Balaban J connectivity index is 1.39. The number of nitriles is 1. The highest BCUT2D eigenvalue weighted by Crippen LogP contribution is 2.31. The molecule has 0 aliphatic carbocycles. The fourth-order valence-electron chi connectivity index (χ4n) is 5.56. The van der Waals surface area contributed by atoms with Crippen molar-refractivity contribution in [2.75, 3.05) is 37.8 Å². The van der Waals surface area contributed by atoms with Gasteiger partial charge in [-0.1, -0.05) is 25.5 Å². The summed E-state index contributed by atoms with van der Waals surface area (Å²) < 4.78 is 1.72. The molecule has 5 rings (SSSR count). The molecule has 1 saturated heterocycles. The van der Waals surface area contributed by atoms with Crippen molar-refractivity contribution in [2.24, 2.45) is 0 Å². The van der Waals surface area contributed by atoms with Gasteiger partial charge in [0.25, 0.3) is 0 Å². The molecular weight excluding hydrogens is 528 g/mol.